The van der Waals surface area contributed by atoms with Crippen molar-refractivity contribution in [3.63, 3.8) is 0 Å². The highest BCUT2D eigenvalue weighted by Gasteiger charge is 2.30. The Labute approximate surface area is 119 Å². The molecule has 0 fully saturated rings. The molecule has 2 unspecified atom stereocenters. The molecule has 1 aromatic rings. The van der Waals surface area contributed by atoms with E-state index in [4.69, 9.17) is 5.11 Å². The van der Waals surface area contributed by atoms with E-state index in [-0.39, 0.29) is 30.0 Å². The van der Waals surface area contributed by atoms with Gasteiger partial charge in [-0.25, -0.2) is 4.98 Å². The lowest BCUT2D eigenvalue weighted by Gasteiger charge is -2.33. The zero-order valence-electron chi connectivity index (χ0n) is 12.4. The molecule has 2 atom stereocenters. The van der Waals surface area contributed by atoms with Crippen molar-refractivity contribution in [1.29, 1.82) is 0 Å². The van der Waals surface area contributed by atoms with Gasteiger partial charge in [-0.2, -0.15) is 0 Å². The van der Waals surface area contributed by atoms with Crippen molar-refractivity contribution in [3.05, 3.63) is 17.7 Å². The summed E-state index contributed by atoms with van der Waals surface area (Å²) in [6.07, 6.45) is 2.83. The first kappa shape index (κ1) is 15.0. The summed E-state index contributed by atoms with van der Waals surface area (Å²) in [5, 5.41) is 15.4. The molecule has 4 N–H and O–H groups in total. The molecule has 1 aliphatic heterocycles. The van der Waals surface area contributed by atoms with Crippen molar-refractivity contribution in [3.8, 4) is 0 Å². The van der Waals surface area contributed by atoms with Gasteiger partial charge in [0, 0.05) is 25.6 Å². The minimum atomic E-state index is -0.255. The molecule has 0 saturated carbocycles. The van der Waals surface area contributed by atoms with Gasteiger partial charge in [-0.15, -0.1) is 0 Å². The maximum absolute atomic E-state index is 12.4. The SMILES string of the molecule is CC(C)(C)C(CCO)NC(=O)C1Cc2nc[nH]c2CN1. The quantitative estimate of drug-likeness (QED) is 0.640. The van der Waals surface area contributed by atoms with Gasteiger partial charge in [-0.1, -0.05) is 20.8 Å². The summed E-state index contributed by atoms with van der Waals surface area (Å²) in [7, 11) is 0. The molecule has 0 saturated heterocycles. The number of nitrogens with one attached hydrogen (secondary N) is 3. The molecule has 20 heavy (non-hydrogen) atoms. The van der Waals surface area contributed by atoms with E-state index >= 15 is 0 Å². The molecule has 6 heteroatoms. The van der Waals surface area contributed by atoms with Crippen LogP contribution in [0.5, 0.6) is 0 Å². The fraction of sp³-hybridized carbons (Fsp3) is 0.714. The second-order valence-electron chi connectivity index (χ2n) is 6.40. The molecule has 2 heterocycles. The summed E-state index contributed by atoms with van der Waals surface area (Å²) >= 11 is 0. The summed E-state index contributed by atoms with van der Waals surface area (Å²) in [5.41, 5.74) is 1.93. The topological polar surface area (TPSA) is 90.0 Å². The predicted octanol–water partition coefficient (Wildman–Crippen LogP) is 0.337. The second kappa shape index (κ2) is 5.93. The van der Waals surface area contributed by atoms with Gasteiger partial charge in [0.25, 0.3) is 0 Å². The van der Waals surface area contributed by atoms with Crippen molar-refractivity contribution in [2.24, 2.45) is 5.41 Å². The number of aliphatic hydroxyl groups is 1. The lowest BCUT2D eigenvalue weighted by Crippen LogP contribution is -2.53. The monoisotopic (exact) mass is 280 g/mol. The number of rotatable bonds is 4. The number of imidazole rings is 1. The number of carbonyl (C=O) groups excluding carboxylic acids is 1. The number of aromatic nitrogens is 2. The molecule has 1 amide bonds. The average molecular weight is 280 g/mol. The molecule has 0 aromatic carbocycles. The fourth-order valence-electron chi connectivity index (χ4n) is 2.48. The molecular formula is C14H24N4O2. The van der Waals surface area contributed by atoms with Crippen LogP contribution in [0.1, 0.15) is 38.6 Å². The van der Waals surface area contributed by atoms with E-state index in [1.807, 2.05) is 0 Å². The zero-order valence-corrected chi connectivity index (χ0v) is 12.4. The van der Waals surface area contributed by atoms with Crippen LogP contribution in [-0.2, 0) is 17.8 Å². The van der Waals surface area contributed by atoms with Crippen LogP contribution in [0.2, 0.25) is 0 Å². The Morgan fingerprint density at radius 2 is 2.35 bits per heavy atom. The molecule has 0 radical (unpaired) electrons. The van der Waals surface area contributed by atoms with Crippen molar-refractivity contribution >= 4 is 5.91 Å². The Kier molecular flexibility index (Phi) is 4.45. The second-order valence-corrected chi connectivity index (χ2v) is 6.40. The highest BCUT2D eigenvalue weighted by atomic mass is 16.3. The van der Waals surface area contributed by atoms with Crippen molar-refractivity contribution in [1.82, 2.24) is 20.6 Å². The number of amides is 1. The standard InChI is InChI=1S/C14H24N4O2/c1-14(2,3)12(4-5-19)18-13(20)10-6-9-11(7-15-10)17-8-16-9/h8,10,12,15,19H,4-7H2,1-3H3,(H,16,17)(H,18,20). The van der Waals surface area contributed by atoms with E-state index in [0.717, 1.165) is 11.4 Å². The van der Waals surface area contributed by atoms with Gasteiger partial charge in [0.15, 0.2) is 0 Å². The van der Waals surface area contributed by atoms with Crippen LogP contribution in [0.3, 0.4) is 0 Å². The predicted molar refractivity (Wildman–Crippen MR) is 76.0 cm³/mol. The Morgan fingerprint density at radius 1 is 1.60 bits per heavy atom. The smallest absolute Gasteiger partial charge is 0.237 e. The van der Waals surface area contributed by atoms with Crippen molar-refractivity contribution in [2.45, 2.75) is 52.2 Å². The molecule has 112 valence electrons. The fourth-order valence-corrected chi connectivity index (χ4v) is 2.48. The van der Waals surface area contributed by atoms with E-state index in [2.05, 4.69) is 41.4 Å². The first-order valence-corrected chi connectivity index (χ1v) is 7.07. The third-order valence-electron chi connectivity index (χ3n) is 3.83. The van der Waals surface area contributed by atoms with E-state index < -0.39 is 0 Å². The van der Waals surface area contributed by atoms with Gasteiger partial charge in [-0.05, 0) is 11.8 Å². The minimum Gasteiger partial charge on any atom is -0.396 e. The number of hydrogen-bond acceptors (Lipinski definition) is 4. The van der Waals surface area contributed by atoms with Gasteiger partial charge in [0.2, 0.25) is 5.91 Å². The van der Waals surface area contributed by atoms with Gasteiger partial charge >= 0.3 is 0 Å². The number of aliphatic hydroxyl groups excluding tert-OH is 1. The summed E-state index contributed by atoms with van der Waals surface area (Å²) < 4.78 is 0. The van der Waals surface area contributed by atoms with Gasteiger partial charge < -0.3 is 15.4 Å². The number of hydrogen-bond donors (Lipinski definition) is 4. The maximum Gasteiger partial charge on any atom is 0.237 e. The number of nitrogens with zero attached hydrogens (tertiary/aromatic N) is 1. The average Bonchev–Trinajstić information content (AvgIpc) is 2.84. The molecule has 1 aliphatic rings. The van der Waals surface area contributed by atoms with E-state index in [9.17, 15) is 4.79 Å². The molecule has 6 nitrogen and oxygen atoms in total. The van der Waals surface area contributed by atoms with Crippen molar-refractivity contribution in [2.75, 3.05) is 6.61 Å². The zero-order chi connectivity index (χ0) is 14.8. The molecule has 1 aromatic heterocycles. The number of fused-ring (bicyclic) bond motifs is 1. The van der Waals surface area contributed by atoms with Gasteiger partial charge in [-0.3, -0.25) is 10.1 Å². The van der Waals surface area contributed by atoms with Gasteiger partial charge in [0.05, 0.1) is 23.8 Å². The molecule has 0 bridgehead atoms. The Hall–Kier alpha value is -1.40. The van der Waals surface area contributed by atoms with E-state index in [1.165, 1.54) is 0 Å². The van der Waals surface area contributed by atoms with Crippen LogP contribution in [0.25, 0.3) is 0 Å². The summed E-state index contributed by atoms with van der Waals surface area (Å²) in [4.78, 5) is 19.7. The van der Waals surface area contributed by atoms with Crippen LogP contribution in [0.15, 0.2) is 6.33 Å². The summed E-state index contributed by atoms with van der Waals surface area (Å²) in [6.45, 7) is 6.90. The van der Waals surface area contributed by atoms with E-state index in [0.29, 0.717) is 19.4 Å². The van der Waals surface area contributed by atoms with Gasteiger partial charge in [0.1, 0.15) is 0 Å². The van der Waals surface area contributed by atoms with E-state index in [1.54, 1.807) is 6.33 Å². The third kappa shape index (κ3) is 3.37. The summed E-state index contributed by atoms with van der Waals surface area (Å²) in [6, 6.07) is -0.295. The van der Waals surface area contributed by atoms with Crippen LogP contribution in [-0.4, -0.2) is 39.7 Å². The molecular weight excluding hydrogens is 256 g/mol. The number of aromatic amines is 1. The largest absolute Gasteiger partial charge is 0.396 e. The highest BCUT2D eigenvalue weighted by molar-refractivity contribution is 5.82. The molecule has 2 rings (SSSR count). The summed E-state index contributed by atoms with van der Waals surface area (Å²) in [5.74, 6) is -0.0213. The number of carbonyl (C=O) groups is 1. The van der Waals surface area contributed by atoms with Crippen LogP contribution < -0.4 is 10.6 Å². The van der Waals surface area contributed by atoms with Crippen LogP contribution >= 0.6 is 0 Å². The minimum absolute atomic E-state index is 0.0213. The molecule has 0 spiro atoms. The van der Waals surface area contributed by atoms with Crippen LogP contribution in [0, 0.1) is 5.41 Å². The first-order valence-electron chi connectivity index (χ1n) is 7.07. The first-order chi connectivity index (χ1) is 9.41. The maximum atomic E-state index is 12.4. The highest BCUT2D eigenvalue weighted by Crippen LogP contribution is 2.22. The van der Waals surface area contributed by atoms with Crippen LogP contribution in [0.4, 0.5) is 0 Å². The Balaban J connectivity index is 1.98. The third-order valence-corrected chi connectivity index (χ3v) is 3.83. The lowest BCUT2D eigenvalue weighted by atomic mass is 9.84. The molecule has 0 aliphatic carbocycles. The Morgan fingerprint density at radius 3 is 3.00 bits per heavy atom. The van der Waals surface area contributed by atoms with Crippen molar-refractivity contribution < 1.29 is 9.90 Å². The number of H-pyrrole nitrogens is 1. The lowest BCUT2D eigenvalue weighted by molar-refractivity contribution is -0.125. The normalized spacial score (nSPS) is 20.3. The Bertz CT molecular complexity index is 464.